The van der Waals surface area contributed by atoms with E-state index < -0.39 is 17.7 Å². The molecule has 1 aliphatic heterocycles. The maximum atomic E-state index is 12.3. The van der Waals surface area contributed by atoms with Gasteiger partial charge in [-0.2, -0.15) is 5.10 Å². The zero-order valence-corrected chi connectivity index (χ0v) is 12.9. The van der Waals surface area contributed by atoms with Crippen LogP contribution in [0.1, 0.15) is 33.6 Å². The summed E-state index contributed by atoms with van der Waals surface area (Å²) in [5.74, 6) is -0.202. The topological polar surface area (TPSA) is 76.5 Å². The van der Waals surface area contributed by atoms with Crippen molar-refractivity contribution in [3.8, 4) is 0 Å². The molecule has 1 N–H and O–H groups in total. The van der Waals surface area contributed by atoms with Crippen LogP contribution in [-0.2, 0) is 16.6 Å². The summed E-state index contributed by atoms with van der Waals surface area (Å²) >= 11 is 0. The number of likely N-dealkylation sites (tertiary alicyclic amines) is 1. The van der Waals surface area contributed by atoms with Gasteiger partial charge in [-0.1, -0.05) is 0 Å². The number of nitrogens with zero attached hydrogens (tertiary/aromatic N) is 3. The molecule has 0 aromatic carbocycles. The number of aryl methyl sites for hydroxylation is 1. The third kappa shape index (κ3) is 3.96. The number of hydrogen-bond donors (Lipinski definition) is 1. The number of anilines is 1. The first-order chi connectivity index (χ1) is 9.76. The van der Waals surface area contributed by atoms with E-state index in [4.69, 9.17) is 4.74 Å². The normalized spacial score (nSPS) is 18.7. The highest BCUT2D eigenvalue weighted by molar-refractivity contribution is 5.96. The lowest BCUT2D eigenvalue weighted by Crippen LogP contribution is -2.45. The molecule has 0 saturated carbocycles. The van der Waals surface area contributed by atoms with Gasteiger partial charge < -0.3 is 10.1 Å². The van der Waals surface area contributed by atoms with Crippen LogP contribution in [0.4, 0.5) is 10.5 Å². The molecular weight excluding hydrogens is 272 g/mol. The highest BCUT2D eigenvalue weighted by Gasteiger charge is 2.36. The minimum absolute atomic E-state index is 0.202. The first kappa shape index (κ1) is 15.3. The summed E-state index contributed by atoms with van der Waals surface area (Å²) in [5, 5.41) is 6.78. The molecule has 2 amide bonds. The van der Waals surface area contributed by atoms with Crippen LogP contribution in [0.2, 0.25) is 0 Å². The van der Waals surface area contributed by atoms with Crippen molar-refractivity contribution in [2.24, 2.45) is 7.05 Å². The molecule has 0 unspecified atom stereocenters. The van der Waals surface area contributed by atoms with Crippen LogP contribution in [0, 0.1) is 0 Å². The maximum Gasteiger partial charge on any atom is 0.410 e. The van der Waals surface area contributed by atoms with E-state index in [1.165, 1.54) is 4.90 Å². The van der Waals surface area contributed by atoms with Crippen molar-refractivity contribution in [3.63, 3.8) is 0 Å². The fourth-order valence-corrected chi connectivity index (χ4v) is 2.29. The minimum Gasteiger partial charge on any atom is -0.444 e. The smallest absolute Gasteiger partial charge is 0.410 e. The zero-order valence-electron chi connectivity index (χ0n) is 12.9. The molecule has 0 bridgehead atoms. The quantitative estimate of drug-likeness (QED) is 0.901. The second kappa shape index (κ2) is 5.75. The van der Waals surface area contributed by atoms with Gasteiger partial charge in [-0.05, 0) is 33.6 Å². The van der Waals surface area contributed by atoms with Gasteiger partial charge in [0, 0.05) is 19.8 Å². The van der Waals surface area contributed by atoms with Gasteiger partial charge in [-0.25, -0.2) is 4.79 Å². The summed E-state index contributed by atoms with van der Waals surface area (Å²) in [6, 6.07) is -0.486. The van der Waals surface area contributed by atoms with E-state index in [0.29, 0.717) is 18.7 Å². The monoisotopic (exact) mass is 294 g/mol. The lowest BCUT2D eigenvalue weighted by Gasteiger charge is -2.27. The summed E-state index contributed by atoms with van der Waals surface area (Å²) in [7, 11) is 1.78. The fourth-order valence-electron chi connectivity index (χ4n) is 2.29. The summed E-state index contributed by atoms with van der Waals surface area (Å²) in [6.45, 7) is 5.98. The molecule has 1 fully saturated rings. The Morgan fingerprint density at radius 1 is 1.43 bits per heavy atom. The van der Waals surface area contributed by atoms with Gasteiger partial charge in [0.15, 0.2) is 0 Å². The molecule has 0 radical (unpaired) electrons. The van der Waals surface area contributed by atoms with Gasteiger partial charge in [0.1, 0.15) is 11.6 Å². The van der Waals surface area contributed by atoms with Crippen molar-refractivity contribution in [3.05, 3.63) is 12.4 Å². The van der Waals surface area contributed by atoms with Crippen molar-refractivity contribution in [1.29, 1.82) is 0 Å². The molecule has 116 valence electrons. The largest absolute Gasteiger partial charge is 0.444 e. The minimum atomic E-state index is -0.565. The fraction of sp³-hybridized carbons (Fsp3) is 0.643. The van der Waals surface area contributed by atoms with E-state index in [2.05, 4.69) is 10.4 Å². The van der Waals surface area contributed by atoms with E-state index in [1.807, 2.05) is 20.8 Å². The van der Waals surface area contributed by atoms with E-state index >= 15 is 0 Å². The second-order valence-electron chi connectivity index (χ2n) is 6.22. The van der Waals surface area contributed by atoms with Crippen LogP contribution < -0.4 is 5.32 Å². The Labute approximate surface area is 124 Å². The molecule has 2 rings (SSSR count). The van der Waals surface area contributed by atoms with Crippen molar-refractivity contribution in [2.45, 2.75) is 45.3 Å². The average molecular weight is 294 g/mol. The van der Waals surface area contributed by atoms with Crippen molar-refractivity contribution >= 4 is 17.7 Å². The SMILES string of the molecule is Cn1cc(NC(=O)[C@@H]2CCCN2C(=O)OC(C)(C)C)cn1. The van der Waals surface area contributed by atoms with E-state index in [1.54, 1.807) is 24.1 Å². The average Bonchev–Trinajstić information content (AvgIpc) is 2.95. The van der Waals surface area contributed by atoms with Crippen molar-refractivity contribution in [2.75, 3.05) is 11.9 Å². The number of nitrogens with one attached hydrogen (secondary N) is 1. The van der Waals surface area contributed by atoms with Crippen LogP contribution in [0.5, 0.6) is 0 Å². The molecule has 0 aliphatic carbocycles. The predicted molar refractivity (Wildman–Crippen MR) is 77.8 cm³/mol. The summed E-state index contributed by atoms with van der Waals surface area (Å²) in [4.78, 5) is 25.9. The predicted octanol–water partition coefficient (Wildman–Crippen LogP) is 1.76. The van der Waals surface area contributed by atoms with Gasteiger partial charge in [-0.3, -0.25) is 14.4 Å². The third-order valence-corrected chi connectivity index (χ3v) is 3.16. The molecule has 1 aromatic rings. The maximum absolute atomic E-state index is 12.3. The highest BCUT2D eigenvalue weighted by Crippen LogP contribution is 2.22. The number of carbonyl (C=O) groups is 2. The summed E-state index contributed by atoms with van der Waals surface area (Å²) in [6.07, 6.45) is 4.29. The molecule has 1 atom stereocenters. The van der Waals surface area contributed by atoms with Crippen LogP contribution >= 0.6 is 0 Å². The summed E-state index contributed by atoms with van der Waals surface area (Å²) < 4.78 is 6.95. The number of ether oxygens (including phenoxy) is 1. The van der Waals surface area contributed by atoms with E-state index in [0.717, 1.165) is 6.42 Å². The lowest BCUT2D eigenvalue weighted by atomic mass is 10.2. The Hall–Kier alpha value is -2.05. The van der Waals surface area contributed by atoms with E-state index in [9.17, 15) is 9.59 Å². The van der Waals surface area contributed by atoms with Crippen LogP contribution in [0.3, 0.4) is 0 Å². The highest BCUT2D eigenvalue weighted by atomic mass is 16.6. The van der Waals surface area contributed by atoms with Crippen molar-refractivity contribution < 1.29 is 14.3 Å². The summed E-state index contributed by atoms with van der Waals surface area (Å²) in [5.41, 5.74) is 0.0582. The first-order valence-corrected chi connectivity index (χ1v) is 7.05. The standard InChI is InChI=1S/C14H22N4O3/c1-14(2,3)21-13(20)18-7-5-6-11(18)12(19)16-10-8-15-17(4)9-10/h8-9,11H,5-7H2,1-4H3,(H,16,19)/t11-/m0/s1. The van der Waals surface area contributed by atoms with Crippen LogP contribution in [-0.4, -0.2) is 44.9 Å². The van der Waals surface area contributed by atoms with Crippen LogP contribution in [0.15, 0.2) is 12.4 Å². The Balaban J connectivity index is 2.00. The van der Waals surface area contributed by atoms with E-state index in [-0.39, 0.29) is 5.91 Å². The van der Waals surface area contributed by atoms with Crippen LogP contribution in [0.25, 0.3) is 0 Å². The van der Waals surface area contributed by atoms with Gasteiger partial charge in [-0.15, -0.1) is 0 Å². The number of amides is 2. The molecule has 2 heterocycles. The van der Waals surface area contributed by atoms with Gasteiger partial charge >= 0.3 is 6.09 Å². The first-order valence-electron chi connectivity index (χ1n) is 7.05. The molecule has 21 heavy (non-hydrogen) atoms. The Morgan fingerprint density at radius 2 is 2.14 bits per heavy atom. The molecule has 1 saturated heterocycles. The number of carbonyl (C=O) groups excluding carboxylic acids is 2. The number of hydrogen-bond acceptors (Lipinski definition) is 4. The Kier molecular flexibility index (Phi) is 4.20. The Morgan fingerprint density at radius 3 is 2.71 bits per heavy atom. The molecular formula is C14H22N4O3. The molecule has 7 nitrogen and oxygen atoms in total. The van der Waals surface area contributed by atoms with Gasteiger partial charge in [0.25, 0.3) is 0 Å². The molecule has 1 aromatic heterocycles. The number of aromatic nitrogens is 2. The molecule has 1 aliphatic rings. The molecule has 7 heteroatoms. The van der Waals surface area contributed by atoms with Gasteiger partial charge in [0.2, 0.25) is 5.91 Å². The Bertz CT molecular complexity index is 533. The lowest BCUT2D eigenvalue weighted by molar-refractivity contribution is -0.120. The van der Waals surface area contributed by atoms with Crippen molar-refractivity contribution in [1.82, 2.24) is 14.7 Å². The number of rotatable bonds is 2. The second-order valence-corrected chi connectivity index (χ2v) is 6.22. The zero-order chi connectivity index (χ0) is 15.6. The molecule has 0 spiro atoms. The van der Waals surface area contributed by atoms with Gasteiger partial charge in [0.05, 0.1) is 11.9 Å². The third-order valence-electron chi connectivity index (χ3n) is 3.16.